The quantitative estimate of drug-likeness (QED) is 0.549. The summed E-state index contributed by atoms with van der Waals surface area (Å²) in [4.78, 5) is 34.0. The van der Waals surface area contributed by atoms with Crippen molar-refractivity contribution in [3.05, 3.63) is 63.2 Å². The lowest BCUT2D eigenvalue weighted by molar-refractivity contribution is -0.384. The molecule has 0 radical (unpaired) electrons. The summed E-state index contributed by atoms with van der Waals surface area (Å²) in [5, 5.41) is 16.1. The van der Waals surface area contributed by atoms with E-state index in [2.05, 4.69) is 10.6 Å². The monoisotopic (exact) mass is 393 g/mol. The fourth-order valence-corrected chi connectivity index (χ4v) is 2.89. The Balaban J connectivity index is 1.79. The number of halogens is 1. The van der Waals surface area contributed by atoms with Crippen molar-refractivity contribution in [3.8, 4) is 0 Å². The third-order valence-electron chi connectivity index (χ3n) is 3.19. The van der Waals surface area contributed by atoms with Crippen LogP contribution in [-0.2, 0) is 9.59 Å². The molecule has 0 saturated carbocycles. The van der Waals surface area contributed by atoms with E-state index in [4.69, 9.17) is 11.6 Å². The minimum Gasteiger partial charge on any atom is -0.325 e. The Morgan fingerprint density at radius 1 is 1.08 bits per heavy atom. The van der Waals surface area contributed by atoms with Gasteiger partial charge in [-0.1, -0.05) is 23.7 Å². The second-order valence-electron chi connectivity index (χ2n) is 5.38. The Kier molecular flexibility index (Phi) is 6.99. The number of nitro groups is 1. The zero-order valence-corrected chi connectivity index (χ0v) is 15.4. The molecule has 2 aromatic carbocycles. The molecule has 2 amide bonds. The van der Waals surface area contributed by atoms with Crippen molar-refractivity contribution in [3.63, 3.8) is 0 Å². The van der Waals surface area contributed by atoms with Crippen LogP contribution in [0.5, 0.6) is 0 Å². The number of hydrogen-bond acceptors (Lipinski definition) is 5. The fourth-order valence-electron chi connectivity index (χ4n) is 2.08. The summed E-state index contributed by atoms with van der Waals surface area (Å²) in [7, 11) is 0. The second kappa shape index (κ2) is 9.21. The van der Waals surface area contributed by atoms with Crippen LogP contribution in [0.4, 0.5) is 17.1 Å². The SMILES string of the molecule is Cc1cccc(NC(=O)CSCC(=O)Nc2ccc(Cl)c([N+](=O)[O-])c2)c1. The van der Waals surface area contributed by atoms with Crippen LogP contribution in [0.1, 0.15) is 5.56 Å². The summed E-state index contributed by atoms with van der Waals surface area (Å²) in [6.07, 6.45) is 0. The van der Waals surface area contributed by atoms with Crippen molar-refractivity contribution in [1.29, 1.82) is 0 Å². The molecule has 26 heavy (non-hydrogen) atoms. The van der Waals surface area contributed by atoms with E-state index in [9.17, 15) is 19.7 Å². The van der Waals surface area contributed by atoms with Gasteiger partial charge in [-0.2, -0.15) is 0 Å². The van der Waals surface area contributed by atoms with Gasteiger partial charge in [-0.3, -0.25) is 19.7 Å². The zero-order chi connectivity index (χ0) is 19.1. The molecule has 2 rings (SSSR count). The topological polar surface area (TPSA) is 101 Å². The lowest BCUT2D eigenvalue weighted by atomic mass is 10.2. The molecule has 0 heterocycles. The predicted octanol–water partition coefficient (Wildman–Crippen LogP) is 3.87. The largest absolute Gasteiger partial charge is 0.325 e. The van der Waals surface area contributed by atoms with Crippen LogP contribution < -0.4 is 10.6 Å². The fraction of sp³-hybridized carbons (Fsp3) is 0.176. The van der Waals surface area contributed by atoms with Gasteiger partial charge in [0.1, 0.15) is 5.02 Å². The van der Waals surface area contributed by atoms with E-state index in [1.165, 1.54) is 18.2 Å². The van der Waals surface area contributed by atoms with Gasteiger partial charge in [0, 0.05) is 17.4 Å². The van der Waals surface area contributed by atoms with Crippen LogP contribution in [0, 0.1) is 17.0 Å². The number of nitrogens with zero attached hydrogens (tertiary/aromatic N) is 1. The Hall–Kier alpha value is -2.58. The van der Waals surface area contributed by atoms with E-state index < -0.39 is 4.92 Å². The molecule has 0 bridgehead atoms. The van der Waals surface area contributed by atoms with Crippen molar-refractivity contribution >= 4 is 52.2 Å². The van der Waals surface area contributed by atoms with Gasteiger partial charge in [-0.15, -0.1) is 11.8 Å². The Morgan fingerprint density at radius 2 is 1.69 bits per heavy atom. The molecule has 0 saturated heterocycles. The number of thioether (sulfide) groups is 1. The maximum Gasteiger partial charge on any atom is 0.289 e. The smallest absolute Gasteiger partial charge is 0.289 e. The molecule has 2 aromatic rings. The first-order valence-electron chi connectivity index (χ1n) is 7.53. The van der Waals surface area contributed by atoms with E-state index in [0.29, 0.717) is 5.69 Å². The first kappa shape index (κ1) is 19.7. The van der Waals surface area contributed by atoms with Gasteiger partial charge in [0.15, 0.2) is 0 Å². The summed E-state index contributed by atoms with van der Waals surface area (Å²) < 4.78 is 0. The number of amides is 2. The van der Waals surface area contributed by atoms with Crippen molar-refractivity contribution in [2.24, 2.45) is 0 Å². The standard InChI is InChI=1S/C17H16ClN3O4S/c1-11-3-2-4-12(7-11)19-16(22)9-26-10-17(23)20-13-5-6-14(18)15(8-13)21(24)25/h2-8H,9-10H2,1H3,(H,19,22)(H,20,23). The van der Waals surface area contributed by atoms with Gasteiger partial charge in [0.2, 0.25) is 11.8 Å². The van der Waals surface area contributed by atoms with E-state index in [1.54, 1.807) is 6.07 Å². The molecule has 0 aliphatic heterocycles. The average Bonchev–Trinajstić information content (AvgIpc) is 2.56. The summed E-state index contributed by atoms with van der Waals surface area (Å²) in [6.45, 7) is 1.93. The highest BCUT2D eigenvalue weighted by atomic mass is 35.5. The first-order valence-corrected chi connectivity index (χ1v) is 9.06. The third-order valence-corrected chi connectivity index (χ3v) is 4.45. The number of benzene rings is 2. The van der Waals surface area contributed by atoms with Crippen molar-refractivity contribution in [2.45, 2.75) is 6.92 Å². The lowest BCUT2D eigenvalue weighted by Gasteiger charge is -2.07. The van der Waals surface area contributed by atoms with Gasteiger partial charge in [-0.25, -0.2) is 0 Å². The van der Waals surface area contributed by atoms with Crippen LogP contribution >= 0.6 is 23.4 Å². The normalized spacial score (nSPS) is 10.2. The molecular weight excluding hydrogens is 378 g/mol. The highest BCUT2D eigenvalue weighted by Crippen LogP contribution is 2.27. The molecule has 136 valence electrons. The summed E-state index contributed by atoms with van der Waals surface area (Å²) in [6, 6.07) is 11.4. The average molecular weight is 394 g/mol. The van der Waals surface area contributed by atoms with Crippen molar-refractivity contribution < 1.29 is 14.5 Å². The number of hydrogen-bond donors (Lipinski definition) is 2. The van der Waals surface area contributed by atoms with Crippen LogP contribution in [0.2, 0.25) is 5.02 Å². The van der Waals surface area contributed by atoms with Gasteiger partial charge >= 0.3 is 0 Å². The van der Waals surface area contributed by atoms with E-state index in [0.717, 1.165) is 17.3 Å². The van der Waals surface area contributed by atoms with Gasteiger partial charge < -0.3 is 10.6 Å². The highest BCUT2D eigenvalue weighted by molar-refractivity contribution is 8.00. The van der Waals surface area contributed by atoms with Crippen molar-refractivity contribution in [2.75, 3.05) is 22.1 Å². The van der Waals surface area contributed by atoms with Crippen LogP contribution in [0.15, 0.2) is 42.5 Å². The van der Waals surface area contributed by atoms with E-state index >= 15 is 0 Å². The maximum atomic E-state index is 11.9. The van der Waals surface area contributed by atoms with Gasteiger partial charge in [0.05, 0.1) is 16.4 Å². The third kappa shape index (κ3) is 6.05. The minimum atomic E-state index is -0.623. The summed E-state index contributed by atoms with van der Waals surface area (Å²) in [5.41, 5.74) is 1.73. The molecule has 0 spiro atoms. The minimum absolute atomic E-state index is 0.00445. The second-order valence-corrected chi connectivity index (χ2v) is 6.77. The van der Waals surface area contributed by atoms with E-state index in [1.807, 2.05) is 25.1 Å². The molecule has 0 aliphatic carbocycles. The van der Waals surface area contributed by atoms with Crippen LogP contribution in [-0.4, -0.2) is 28.2 Å². The number of nitro benzene ring substituents is 1. The number of carbonyl (C=O) groups excluding carboxylic acids is 2. The highest BCUT2D eigenvalue weighted by Gasteiger charge is 2.14. The van der Waals surface area contributed by atoms with Crippen LogP contribution in [0.3, 0.4) is 0 Å². The number of aryl methyl sites for hydroxylation is 1. The number of anilines is 2. The molecule has 7 nitrogen and oxygen atoms in total. The molecule has 2 N–H and O–H groups in total. The van der Waals surface area contributed by atoms with Gasteiger partial charge in [0.25, 0.3) is 5.69 Å². The Bertz CT molecular complexity index is 845. The van der Waals surface area contributed by atoms with Gasteiger partial charge in [-0.05, 0) is 36.8 Å². The molecule has 0 fully saturated rings. The lowest BCUT2D eigenvalue weighted by Crippen LogP contribution is -2.18. The van der Waals surface area contributed by atoms with Crippen molar-refractivity contribution in [1.82, 2.24) is 0 Å². The molecule has 9 heteroatoms. The summed E-state index contributed by atoms with van der Waals surface area (Å²) >= 11 is 6.86. The Morgan fingerprint density at radius 3 is 2.27 bits per heavy atom. The number of carbonyl (C=O) groups is 2. The number of nitrogens with one attached hydrogen (secondary N) is 2. The summed E-state index contributed by atoms with van der Waals surface area (Å²) in [5.74, 6) is -0.426. The molecule has 0 unspecified atom stereocenters. The zero-order valence-electron chi connectivity index (χ0n) is 13.8. The first-order chi connectivity index (χ1) is 12.3. The Labute approximate surface area is 159 Å². The predicted molar refractivity (Wildman–Crippen MR) is 104 cm³/mol. The molecule has 0 aliphatic rings. The maximum absolute atomic E-state index is 11.9. The molecular formula is C17H16ClN3O4S. The van der Waals surface area contributed by atoms with E-state index in [-0.39, 0.29) is 39.7 Å². The van der Waals surface area contributed by atoms with Crippen LogP contribution in [0.25, 0.3) is 0 Å². The molecule has 0 atom stereocenters. The molecule has 0 aromatic heterocycles. The number of rotatable bonds is 7.